The van der Waals surface area contributed by atoms with Crippen LogP contribution in [0.4, 0.5) is 4.48 Å². The summed E-state index contributed by atoms with van der Waals surface area (Å²) in [6.07, 6.45) is 0. The molecule has 1 unspecified atom stereocenters. The lowest BCUT2D eigenvalue weighted by Gasteiger charge is -2.15. The van der Waals surface area contributed by atoms with Gasteiger partial charge in [0.1, 0.15) is 0 Å². The Kier molecular flexibility index (Phi) is 3.89. The summed E-state index contributed by atoms with van der Waals surface area (Å²) in [6, 6.07) is 13.7. The Labute approximate surface area is 116 Å². The second kappa shape index (κ2) is 5.31. The first-order valence-electron chi connectivity index (χ1n) is 5.47. The lowest BCUT2D eigenvalue weighted by atomic mass is 10.4. The Morgan fingerprint density at radius 3 is 1.65 bits per heavy atom. The molecular formula is C12H11FN2O3S2. The van der Waals surface area contributed by atoms with Crippen LogP contribution in [0, 0.1) is 4.78 Å². The van der Waals surface area contributed by atoms with Gasteiger partial charge < -0.3 is 0 Å². The number of hydrogen-bond donors (Lipinski definition) is 1. The molecule has 0 aliphatic rings. The van der Waals surface area contributed by atoms with E-state index in [0.717, 1.165) is 0 Å². The summed E-state index contributed by atoms with van der Waals surface area (Å²) in [5, 5.41) is 0. The van der Waals surface area contributed by atoms with Crippen LogP contribution in [0.1, 0.15) is 0 Å². The molecule has 0 radical (unpaired) electrons. The summed E-state index contributed by atoms with van der Waals surface area (Å²) in [6.45, 7) is 0. The maximum absolute atomic E-state index is 14.1. The predicted molar refractivity (Wildman–Crippen MR) is 72.1 cm³/mol. The van der Waals surface area contributed by atoms with Crippen LogP contribution in [0.25, 0.3) is 0 Å². The highest BCUT2D eigenvalue weighted by atomic mass is 32.3. The average molecular weight is 314 g/mol. The van der Waals surface area contributed by atoms with E-state index in [2.05, 4.69) is 0 Å². The van der Waals surface area contributed by atoms with Gasteiger partial charge >= 0.3 is 0 Å². The van der Waals surface area contributed by atoms with Crippen molar-refractivity contribution in [1.82, 2.24) is 3.93 Å². The van der Waals surface area contributed by atoms with Crippen LogP contribution in [-0.2, 0) is 19.9 Å². The first-order chi connectivity index (χ1) is 9.37. The summed E-state index contributed by atoms with van der Waals surface area (Å²) < 4.78 is 57.0. The molecular weight excluding hydrogens is 303 g/mol. The lowest BCUT2D eigenvalue weighted by Crippen LogP contribution is -2.29. The molecule has 0 saturated heterocycles. The maximum Gasteiger partial charge on any atom is 0.282 e. The molecule has 2 rings (SSSR count). The van der Waals surface area contributed by atoms with E-state index >= 15 is 0 Å². The maximum atomic E-state index is 14.1. The molecule has 0 spiro atoms. The summed E-state index contributed by atoms with van der Waals surface area (Å²) in [5.74, 6) is 0. The Hall–Kier alpha value is -1.77. The van der Waals surface area contributed by atoms with Crippen LogP contribution in [0.15, 0.2) is 70.5 Å². The second-order valence-corrected chi connectivity index (χ2v) is 7.66. The number of benzene rings is 2. The Balaban J connectivity index is 2.49. The zero-order valence-corrected chi connectivity index (χ0v) is 11.8. The van der Waals surface area contributed by atoms with Crippen molar-refractivity contribution < 1.29 is 17.1 Å². The van der Waals surface area contributed by atoms with Crippen LogP contribution in [0.2, 0.25) is 0 Å². The van der Waals surface area contributed by atoms with Gasteiger partial charge in [0.05, 0.1) is 13.7 Å². The minimum Gasteiger partial charge on any atom is -0.233 e. The van der Waals surface area contributed by atoms with Crippen LogP contribution in [0.3, 0.4) is 0 Å². The van der Waals surface area contributed by atoms with Crippen molar-refractivity contribution in [1.29, 1.82) is 4.78 Å². The fraction of sp³-hybridized carbons (Fsp3) is 0. The van der Waals surface area contributed by atoms with Gasteiger partial charge in [-0.3, -0.25) is 0 Å². The van der Waals surface area contributed by atoms with Gasteiger partial charge in [-0.25, -0.2) is 17.4 Å². The highest BCUT2D eigenvalue weighted by Crippen LogP contribution is 2.24. The number of nitrogens with zero attached hydrogens (tertiary/aromatic N) is 1. The lowest BCUT2D eigenvalue weighted by molar-refractivity contribution is 0.259. The number of nitrogens with one attached hydrogen (secondary N) is 1. The zero-order chi connectivity index (χ0) is 14.8. The summed E-state index contributed by atoms with van der Waals surface area (Å²) in [5.41, 5.74) is 0. The van der Waals surface area contributed by atoms with Crippen LogP contribution in [0.5, 0.6) is 0 Å². The average Bonchev–Trinajstić information content (AvgIpc) is 2.48. The van der Waals surface area contributed by atoms with Crippen molar-refractivity contribution in [3.05, 3.63) is 60.7 Å². The molecule has 0 amide bonds. The molecule has 106 valence electrons. The van der Waals surface area contributed by atoms with E-state index in [0.29, 0.717) is 0 Å². The van der Waals surface area contributed by atoms with E-state index < -0.39 is 23.9 Å². The summed E-state index contributed by atoms with van der Waals surface area (Å²) in [7, 11) is -8.91. The molecule has 1 atom stereocenters. The normalized spacial score (nSPS) is 14.9. The zero-order valence-electron chi connectivity index (χ0n) is 10.1. The molecule has 0 bridgehead atoms. The van der Waals surface area contributed by atoms with Crippen LogP contribution >= 0.6 is 0 Å². The van der Waals surface area contributed by atoms with Gasteiger partial charge in [-0.1, -0.05) is 36.4 Å². The molecule has 0 aromatic heterocycles. The minimum absolute atomic E-state index is 0.220. The monoisotopic (exact) mass is 314 g/mol. The van der Waals surface area contributed by atoms with Gasteiger partial charge in [0.15, 0.2) is 9.92 Å². The van der Waals surface area contributed by atoms with Crippen molar-refractivity contribution in [2.24, 2.45) is 0 Å². The Morgan fingerprint density at radius 2 is 1.20 bits per heavy atom. The highest BCUT2D eigenvalue weighted by Gasteiger charge is 2.34. The van der Waals surface area contributed by atoms with E-state index in [4.69, 9.17) is 4.78 Å². The molecule has 0 heterocycles. The van der Waals surface area contributed by atoms with Gasteiger partial charge in [-0.15, -0.1) is 4.48 Å². The fourth-order valence-corrected chi connectivity index (χ4v) is 4.48. The number of hydrogen-bond acceptors (Lipinski definition) is 4. The third-order valence-corrected chi connectivity index (χ3v) is 6.27. The van der Waals surface area contributed by atoms with Gasteiger partial charge in [0, 0.05) is 0 Å². The molecule has 0 aliphatic carbocycles. The molecule has 2 aromatic rings. The largest absolute Gasteiger partial charge is 0.282 e. The van der Waals surface area contributed by atoms with Crippen molar-refractivity contribution in [3.8, 4) is 0 Å². The molecule has 1 N–H and O–H groups in total. The first kappa shape index (κ1) is 14.6. The van der Waals surface area contributed by atoms with Crippen LogP contribution in [-0.4, -0.2) is 16.6 Å². The summed E-state index contributed by atoms with van der Waals surface area (Å²) in [4.78, 5) is -0.583. The van der Waals surface area contributed by atoms with Crippen molar-refractivity contribution in [3.63, 3.8) is 0 Å². The topological polar surface area (TPSA) is 78.3 Å². The SMILES string of the molecule is N=S(=O)(c1ccccc1)N(F)S(=O)(=O)c1ccccc1. The van der Waals surface area contributed by atoms with Crippen LogP contribution < -0.4 is 0 Å². The van der Waals surface area contributed by atoms with Crippen molar-refractivity contribution >= 4 is 19.9 Å². The van der Waals surface area contributed by atoms with E-state index in [1.54, 1.807) is 12.1 Å². The van der Waals surface area contributed by atoms with E-state index in [9.17, 15) is 17.1 Å². The minimum atomic E-state index is -4.64. The van der Waals surface area contributed by atoms with Gasteiger partial charge in [-0.2, -0.15) is 0 Å². The van der Waals surface area contributed by atoms with Gasteiger partial charge in [-0.05, 0) is 24.3 Å². The number of sulfonamides is 1. The molecule has 0 fully saturated rings. The van der Waals surface area contributed by atoms with Crippen molar-refractivity contribution in [2.45, 2.75) is 9.79 Å². The molecule has 8 heteroatoms. The number of halogens is 1. The third-order valence-electron chi connectivity index (χ3n) is 2.49. The predicted octanol–water partition coefficient (Wildman–Crippen LogP) is 2.58. The molecule has 20 heavy (non-hydrogen) atoms. The van der Waals surface area contributed by atoms with Gasteiger partial charge in [0.2, 0.25) is 0 Å². The standard InChI is InChI=1S/C12H11FN2O3S2/c13-15(19(14,16)11-7-3-1-4-8-11)20(17,18)12-9-5-2-6-10-12/h1-10,14H. The Morgan fingerprint density at radius 1 is 0.800 bits per heavy atom. The quantitative estimate of drug-likeness (QED) is 0.881. The van der Waals surface area contributed by atoms with E-state index in [1.165, 1.54) is 48.5 Å². The number of rotatable bonds is 4. The molecule has 5 nitrogen and oxygen atoms in total. The Bertz CT molecular complexity index is 722. The smallest absolute Gasteiger partial charge is 0.233 e. The second-order valence-electron chi connectivity index (χ2n) is 3.84. The van der Waals surface area contributed by atoms with Gasteiger partial charge in [0.25, 0.3) is 10.0 Å². The highest BCUT2D eigenvalue weighted by molar-refractivity contribution is 8.04. The van der Waals surface area contributed by atoms with Crippen molar-refractivity contribution in [2.75, 3.05) is 0 Å². The molecule has 2 aromatic carbocycles. The molecule has 0 saturated carbocycles. The third kappa shape index (κ3) is 2.58. The first-order valence-corrected chi connectivity index (χ1v) is 8.42. The fourth-order valence-electron chi connectivity index (χ4n) is 1.50. The van der Waals surface area contributed by atoms with E-state index in [-0.39, 0.29) is 9.79 Å². The summed E-state index contributed by atoms with van der Waals surface area (Å²) >= 11 is 0. The van der Waals surface area contributed by atoms with E-state index in [1.807, 2.05) is 0 Å². The molecule has 0 aliphatic heterocycles.